The van der Waals surface area contributed by atoms with E-state index in [1.807, 2.05) is 6.92 Å². The zero-order valence-electron chi connectivity index (χ0n) is 17.3. The van der Waals surface area contributed by atoms with Gasteiger partial charge >= 0.3 is 0 Å². The Morgan fingerprint density at radius 2 is 1.94 bits per heavy atom. The lowest BCUT2D eigenvalue weighted by molar-refractivity contribution is -0.121. The van der Waals surface area contributed by atoms with Crippen molar-refractivity contribution >= 4 is 40.1 Å². The third kappa shape index (κ3) is 5.40. The molecule has 0 radical (unpaired) electrons. The zero-order chi connectivity index (χ0) is 22.4. The minimum atomic E-state index is -0.397. The van der Waals surface area contributed by atoms with E-state index in [0.29, 0.717) is 34.0 Å². The minimum Gasteiger partial charge on any atom is -0.495 e. The maximum absolute atomic E-state index is 13.0. The van der Waals surface area contributed by atoms with Gasteiger partial charge in [0.1, 0.15) is 18.0 Å². The van der Waals surface area contributed by atoms with Gasteiger partial charge in [-0.25, -0.2) is 4.98 Å². The molecule has 0 aliphatic heterocycles. The van der Waals surface area contributed by atoms with Crippen LogP contribution >= 0.6 is 11.6 Å². The zero-order valence-corrected chi connectivity index (χ0v) is 18.0. The number of para-hydroxylation sites is 2. The second-order valence-electron chi connectivity index (χ2n) is 6.79. The molecular weight excluding hydrogens is 420 g/mol. The van der Waals surface area contributed by atoms with Crippen molar-refractivity contribution in [1.29, 1.82) is 0 Å². The molecule has 8 nitrogen and oxygen atoms in total. The molecule has 0 fully saturated rings. The SMILES string of the molecule is CCNC(=O)CCc1nc2ccccc2n(CC(=O)Nc2ccc(OC)c(Cl)c2)c1=O. The molecule has 162 valence electrons. The number of carbonyl (C=O) groups is 2. The number of ether oxygens (including phenoxy) is 1. The molecule has 0 saturated heterocycles. The predicted octanol–water partition coefficient (Wildman–Crippen LogP) is 2.77. The molecule has 1 heterocycles. The lowest BCUT2D eigenvalue weighted by atomic mass is 10.2. The highest BCUT2D eigenvalue weighted by Gasteiger charge is 2.15. The van der Waals surface area contributed by atoms with Gasteiger partial charge in [0.2, 0.25) is 11.8 Å². The van der Waals surface area contributed by atoms with Crippen molar-refractivity contribution in [3.63, 3.8) is 0 Å². The van der Waals surface area contributed by atoms with Crippen molar-refractivity contribution in [3.05, 3.63) is 63.5 Å². The summed E-state index contributed by atoms with van der Waals surface area (Å²) in [4.78, 5) is 41.9. The van der Waals surface area contributed by atoms with Crippen LogP contribution in [-0.2, 0) is 22.6 Å². The van der Waals surface area contributed by atoms with E-state index in [9.17, 15) is 14.4 Å². The molecule has 0 aliphatic carbocycles. The maximum atomic E-state index is 13.0. The lowest BCUT2D eigenvalue weighted by Crippen LogP contribution is -2.32. The molecule has 9 heteroatoms. The Morgan fingerprint density at radius 3 is 2.65 bits per heavy atom. The highest BCUT2D eigenvalue weighted by Crippen LogP contribution is 2.27. The van der Waals surface area contributed by atoms with Crippen LogP contribution in [0.5, 0.6) is 5.75 Å². The average Bonchev–Trinajstić information content (AvgIpc) is 2.75. The van der Waals surface area contributed by atoms with Gasteiger partial charge in [-0.05, 0) is 37.3 Å². The summed E-state index contributed by atoms with van der Waals surface area (Å²) in [5, 5.41) is 5.80. The van der Waals surface area contributed by atoms with Gasteiger partial charge in [-0.2, -0.15) is 0 Å². The fraction of sp³-hybridized carbons (Fsp3) is 0.273. The van der Waals surface area contributed by atoms with Gasteiger partial charge in [0.15, 0.2) is 0 Å². The van der Waals surface area contributed by atoms with Crippen LogP contribution in [0.25, 0.3) is 11.0 Å². The van der Waals surface area contributed by atoms with Crippen molar-refractivity contribution in [1.82, 2.24) is 14.9 Å². The largest absolute Gasteiger partial charge is 0.495 e. The number of fused-ring (bicyclic) bond motifs is 1. The minimum absolute atomic E-state index is 0.144. The summed E-state index contributed by atoms with van der Waals surface area (Å²) in [6.45, 7) is 2.14. The molecule has 3 rings (SSSR count). The number of nitrogens with one attached hydrogen (secondary N) is 2. The molecule has 0 atom stereocenters. The third-order valence-corrected chi connectivity index (χ3v) is 4.92. The Labute approximate surface area is 184 Å². The van der Waals surface area contributed by atoms with Crippen molar-refractivity contribution in [2.75, 3.05) is 19.0 Å². The number of anilines is 1. The Kier molecular flexibility index (Phi) is 7.25. The summed E-state index contributed by atoms with van der Waals surface area (Å²) < 4.78 is 6.48. The lowest BCUT2D eigenvalue weighted by Gasteiger charge is -2.13. The third-order valence-electron chi connectivity index (χ3n) is 4.62. The number of carbonyl (C=O) groups excluding carboxylic acids is 2. The summed E-state index contributed by atoms with van der Waals surface area (Å²) in [5.41, 5.74) is 1.44. The number of amides is 2. The Hall–Kier alpha value is -3.39. The van der Waals surface area contributed by atoms with Crippen LogP contribution in [0.15, 0.2) is 47.3 Å². The van der Waals surface area contributed by atoms with Gasteiger partial charge < -0.3 is 15.4 Å². The molecule has 2 amide bonds. The van der Waals surface area contributed by atoms with Crippen LogP contribution in [0.4, 0.5) is 5.69 Å². The van der Waals surface area contributed by atoms with Gasteiger partial charge in [-0.15, -0.1) is 0 Å². The number of halogens is 1. The fourth-order valence-corrected chi connectivity index (χ4v) is 3.43. The number of rotatable bonds is 8. The summed E-state index contributed by atoms with van der Waals surface area (Å²) in [6.07, 6.45) is 0.330. The first-order chi connectivity index (χ1) is 14.9. The highest BCUT2D eigenvalue weighted by molar-refractivity contribution is 6.32. The first-order valence-electron chi connectivity index (χ1n) is 9.81. The number of aromatic nitrogens is 2. The summed E-state index contributed by atoms with van der Waals surface area (Å²) in [6, 6.07) is 12.0. The first-order valence-corrected chi connectivity index (χ1v) is 10.2. The predicted molar refractivity (Wildman–Crippen MR) is 120 cm³/mol. The Bertz CT molecular complexity index is 1180. The number of benzene rings is 2. The van der Waals surface area contributed by atoms with Gasteiger partial charge in [0.05, 0.1) is 23.2 Å². The van der Waals surface area contributed by atoms with Crippen molar-refractivity contribution in [2.24, 2.45) is 0 Å². The van der Waals surface area contributed by atoms with Gasteiger partial charge in [-0.1, -0.05) is 23.7 Å². The summed E-state index contributed by atoms with van der Waals surface area (Å²) in [5.74, 6) is -0.0559. The highest BCUT2D eigenvalue weighted by atomic mass is 35.5. The summed E-state index contributed by atoms with van der Waals surface area (Å²) in [7, 11) is 1.50. The fourth-order valence-electron chi connectivity index (χ4n) is 3.17. The topological polar surface area (TPSA) is 102 Å². The van der Waals surface area contributed by atoms with E-state index in [4.69, 9.17) is 16.3 Å². The van der Waals surface area contributed by atoms with Crippen molar-refractivity contribution < 1.29 is 14.3 Å². The Balaban J connectivity index is 1.87. The van der Waals surface area contributed by atoms with Crippen LogP contribution in [0.3, 0.4) is 0 Å². The molecule has 0 bridgehead atoms. The molecule has 2 N–H and O–H groups in total. The molecular formula is C22H23ClN4O4. The number of nitrogens with zero attached hydrogens (tertiary/aromatic N) is 2. The second-order valence-corrected chi connectivity index (χ2v) is 7.20. The van der Waals surface area contributed by atoms with Crippen LogP contribution < -0.4 is 20.9 Å². The van der Waals surface area contributed by atoms with Gasteiger partial charge in [0, 0.05) is 25.1 Å². The number of hydrogen-bond donors (Lipinski definition) is 2. The van der Waals surface area contributed by atoms with Crippen LogP contribution in [0, 0.1) is 0 Å². The molecule has 31 heavy (non-hydrogen) atoms. The molecule has 0 saturated carbocycles. The van der Waals surface area contributed by atoms with E-state index in [1.54, 1.807) is 42.5 Å². The molecule has 2 aromatic carbocycles. The van der Waals surface area contributed by atoms with E-state index in [2.05, 4.69) is 15.6 Å². The molecule has 3 aromatic rings. The molecule has 0 aliphatic rings. The standard InChI is InChI=1S/C22H23ClN4O4/c1-3-24-20(28)11-9-17-22(30)27(18-7-5-4-6-16(18)26-17)13-21(29)25-14-8-10-19(31-2)15(23)12-14/h4-8,10,12H,3,9,11,13H2,1-2H3,(H,24,28)(H,25,29). The number of aryl methyl sites for hydroxylation is 1. The maximum Gasteiger partial charge on any atom is 0.273 e. The monoisotopic (exact) mass is 442 g/mol. The van der Waals surface area contributed by atoms with E-state index < -0.39 is 11.5 Å². The van der Waals surface area contributed by atoms with Crippen LogP contribution in [0.2, 0.25) is 5.02 Å². The van der Waals surface area contributed by atoms with E-state index >= 15 is 0 Å². The number of methoxy groups -OCH3 is 1. The van der Waals surface area contributed by atoms with E-state index in [0.717, 1.165) is 0 Å². The first kappa shape index (κ1) is 22.3. The van der Waals surface area contributed by atoms with E-state index in [1.165, 1.54) is 11.7 Å². The number of hydrogen-bond acceptors (Lipinski definition) is 5. The average molecular weight is 443 g/mol. The smallest absolute Gasteiger partial charge is 0.273 e. The van der Waals surface area contributed by atoms with Crippen LogP contribution in [0.1, 0.15) is 19.0 Å². The normalized spacial score (nSPS) is 10.7. The van der Waals surface area contributed by atoms with E-state index in [-0.39, 0.29) is 31.0 Å². The summed E-state index contributed by atoms with van der Waals surface area (Å²) >= 11 is 6.11. The second kappa shape index (κ2) is 10.1. The molecule has 0 unspecified atom stereocenters. The van der Waals surface area contributed by atoms with Crippen molar-refractivity contribution in [3.8, 4) is 5.75 Å². The molecule has 0 spiro atoms. The Morgan fingerprint density at radius 1 is 1.16 bits per heavy atom. The molecule has 1 aromatic heterocycles. The van der Waals surface area contributed by atoms with Crippen molar-refractivity contribution in [2.45, 2.75) is 26.3 Å². The van der Waals surface area contributed by atoms with Gasteiger partial charge in [-0.3, -0.25) is 19.0 Å². The quantitative estimate of drug-likeness (QED) is 0.558. The van der Waals surface area contributed by atoms with Gasteiger partial charge in [0.25, 0.3) is 5.56 Å². The van der Waals surface area contributed by atoms with Crippen LogP contribution in [-0.4, -0.2) is 35.0 Å².